The number of benzene rings is 3. The van der Waals surface area contributed by atoms with Crippen molar-refractivity contribution in [2.75, 3.05) is 29.4 Å². The molecule has 5 rings (SSSR count). The average Bonchev–Trinajstić information content (AvgIpc) is 2.87. The van der Waals surface area contributed by atoms with Crippen LogP contribution in [0.15, 0.2) is 78.9 Å². The third-order valence-corrected chi connectivity index (χ3v) is 6.64. The van der Waals surface area contributed by atoms with Crippen molar-refractivity contribution in [2.24, 2.45) is 5.92 Å². The van der Waals surface area contributed by atoms with E-state index in [1.54, 1.807) is 0 Å². The molecule has 32 heavy (non-hydrogen) atoms. The predicted molar refractivity (Wildman–Crippen MR) is 126 cm³/mol. The van der Waals surface area contributed by atoms with Gasteiger partial charge in [0.15, 0.2) is 0 Å². The van der Waals surface area contributed by atoms with Crippen LogP contribution in [-0.2, 0) is 17.8 Å². The van der Waals surface area contributed by atoms with E-state index in [1.165, 1.54) is 11.3 Å². The second kappa shape index (κ2) is 8.76. The van der Waals surface area contributed by atoms with Gasteiger partial charge in [-0.3, -0.25) is 4.79 Å². The summed E-state index contributed by atoms with van der Waals surface area (Å²) >= 11 is 0. The Hall–Kier alpha value is -3.78. The Bertz CT molecular complexity index is 1150. The summed E-state index contributed by atoms with van der Waals surface area (Å²) in [6, 6.07) is 28.6. The van der Waals surface area contributed by atoms with Crippen LogP contribution in [0.4, 0.5) is 11.4 Å². The summed E-state index contributed by atoms with van der Waals surface area (Å²) in [7, 11) is 0. The lowest BCUT2D eigenvalue weighted by Gasteiger charge is -2.49. The second-order valence-electron chi connectivity index (χ2n) is 8.48. The Morgan fingerprint density at radius 3 is 2.47 bits per heavy atom. The van der Waals surface area contributed by atoms with Crippen LogP contribution in [0.1, 0.15) is 16.7 Å². The normalized spacial score (nSPS) is 19.5. The molecule has 1 N–H and O–H groups in total. The van der Waals surface area contributed by atoms with Crippen LogP contribution in [0.2, 0.25) is 0 Å². The van der Waals surface area contributed by atoms with Crippen molar-refractivity contribution in [1.29, 1.82) is 5.26 Å². The van der Waals surface area contributed by atoms with Crippen LogP contribution in [-0.4, -0.2) is 31.6 Å². The summed E-state index contributed by atoms with van der Waals surface area (Å²) in [5.74, 6) is -0.0561. The molecule has 5 nitrogen and oxygen atoms in total. The van der Waals surface area contributed by atoms with E-state index in [9.17, 15) is 10.1 Å². The van der Waals surface area contributed by atoms with E-state index in [0.717, 1.165) is 37.3 Å². The highest BCUT2D eigenvalue weighted by Gasteiger charge is 2.41. The number of amides is 1. The maximum Gasteiger partial charge on any atom is 0.225 e. The minimum atomic E-state index is -0.148. The fraction of sp³-hybridized carbons (Fsp3) is 0.259. The van der Waals surface area contributed by atoms with Gasteiger partial charge in [-0.25, -0.2) is 0 Å². The SMILES string of the molecule is N#Cc1ccccc1N1CCN2c3ccccc3C[C@H](C(=O)NCc3ccccc3)[C@H]2C1. The number of nitrogens with zero attached hydrogens (tertiary/aromatic N) is 3. The van der Waals surface area contributed by atoms with Crippen LogP contribution in [0.25, 0.3) is 0 Å². The first-order valence-electron chi connectivity index (χ1n) is 11.1. The van der Waals surface area contributed by atoms with Gasteiger partial charge in [-0.1, -0.05) is 60.7 Å². The maximum atomic E-state index is 13.4. The molecule has 3 aromatic carbocycles. The summed E-state index contributed by atoms with van der Waals surface area (Å²) in [5, 5.41) is 12.8. The number of piperazine rings is 1. The van der Waals surface area contributed by atoms with Gasteiger partial charge in [-0.05, 0) is 35.7 Å². The van der Waals surface area contributed by atoms with Gasteiger partial charge in [0, 0.05) is 31.9 Å². The molecule has 5 heteroatoms. The minimum absolute atomic E-state index is 0.0566. The highest BCUT2D eigenvalue weighted by atomic mass is 16.1. The molecule has 2 aliphatic heterocycles. The number of para-hydroxylation sites is 2. The molecule has 2 atom stereocenters. The fourth-order valence-corrected chi connectivity index (χ4v) is 5.04. The monoisotopic (exact) mass is 422 g/mol. The Kier molecular flexibility index (Phi) is 5.51. The van der Waals surface area contributed by atoms with Crippen LogP contribution < -0.4 is 15.1 Å². The molecule has 160 valence electrons. The molecule has 0 radical (unpaired) electrons. The zero-order chi connectivity index (χ0) is 21.9. The van der Waals surface area contributed by atoms with Crippen LogP contribution in [0, 0.1) is 17.2 Å². The van der Waals surface area contributed by atoms with Gasteiger partial charge in [0.25, 0.3) is 0 Å². The van der Waals surface area contributed by atoms with Crippen LogP contribution >= 0.6 is 0 Å². The number of hydrogen-bond donors (Lipinski definition) is 1. The molecule has 0 unspecified atom stereocenters. The molecule has 0 aromatic heterocycles. The number of nitriles is 1. The highest BCUT2D eigenvalue weighted by molar-refractivity contribution is 5.82. The van der Waals surface area contributed by atoms with E-state index in [0.29, 0.717) is 12.1 Å². The van der Waals surface area contributed by atoms with E-state index < -0.39 is 0 Å². The number of hydrogen-bond acceptors (Lipinski definition) is 4. The predicted octanol–water partition coefficient (Wildman–Crippen LogP) is 3.74. The minimum Gasteiger partial charge on any atom is -0.367 e. The zero-order valence-corrected chi connectivity index (χ0v) is 17.9. The van der Waals surface area contributed by atoms with Crippen molar-refractivity contribution in [3.63, 3.8) is 0 Å². The summed E-state index contributed by atoms with van der Waals surface area (Å²) in [6.07, 6.45) is 0.728. The van der Waals surface area contributed by atoms with Crippen molar-refractivity contribution in [1.82, 2.24) is 5.32 Å². The zero-order valence-electron chi connectivity index (χ0n) is 17.9. The Morgan fingerprint density at radius 1 is 0.938 bits per heavy atom. The van der Waals surface area contributed by atoms with Gasteiger partial charge in [0.05, 0.1) is 23.2 Å². The van der Waals surface area contributed by atoms with Gasteiger partial charge in [0.2, 0.25) is 5.91 Å². The molecule has 2 aliphatic rings. The molecule has 3 aromatic rings. The first kappa shape index (κ1) is 20.1. The summed E-state index contributed by atoms with van der Waals surface area (Å²) < 4.78 is 0. The van der Waals surface area contributed by atoms with E-state index in [-0.39, 0.29) is 17.9 Å². The lowest BCUT2D eigenvalue weighted by molar-refractivity contribution is -0.126. The molecule has 1 saturated heterocycles. The van der Waals surface area contributed by atoms with E-state index in [2.05, 4.69) is 45.5 Å². The maximum absolute atomic E-state index is 13.4. The van der Waals surface area contributed by atoms with Gasteiger partial charge >= 0.3 is 0 Å². The highest BCUT2D eigenvalue weighted by Crippen LogP contribution is 2.37. The van der Waals surface area contributed by atoms with Crippen LogP contribution in [0.3, 0.4) is 0 Å². The summed E-state index contributed by atoms with van der Waals surface area (Å²) in [5.41, 5.74) is 5.20. The van der Waals surface area contributed by atoms with Gasteiger partial charge in [-0.15, -0.1) is 0 Å². The van der Waals surface area contributed by atoms with Crippen molar-refractivity contribution < 1.29 is 4.79 Å². The molecule has 2 heterocycles. The average molecular weight is 423 g/mol. The Morgan fingerprint density at radius 2 is 1.66 bits per heavy atom. The lowest BCUT2D eigenvalue weighted by Crippen LogP contribution is -2.61. The van der Waals surface area contributed by atoms with Crippen molar-refractivity contribution in [3.05, 3.63) is 95.6 Å². The number of rotatable bonds is 4. The third kappa shape index (κ3) is 3.80. The largest absolute Gasteiger partial charge is 0.367 e. The molecule has 0 bridgehead atoms. The smallest absolute Gasteiger partial charge is 0.225 e. The number of nitrogens with one attached hydrogen (secondary N) is 1. The number of carbonyl (C=O) groups is 1. The number of fused-ring (bicyclic) bond motifs is 3. The summed E-state index contributed by atoms with van der Waals surface area (Å²) in [6.45, 7) is 2.90. The van der Waals surface area contributed by atoms with Crippen molar-refractivity contribution >= 4 is 17.3 Å². The van der Waals surface area contributed by atoms with Gasteiger partial charge in [-0.2, -0.15) is 5.26 Å². The summed E-state index contributed by atoms with van der Waals surface area (Å²) in [4.78, 5) is 18.1. The first-order valence-corrected chi connectivity index (χ1v) is 11.1. The standard InChI is InChI=1S/C27H26N4O/c28-17-22-11-5-6-12-24(22)30-14-15-31-25-13-7-4-10-21(25)16-23(26(31)19-30)27(32)29-18-20-8-2-1-3-9-20/h1-13,23,26H,14-16,18-19H2,(H,29,32)/t23-,26+/m0/s1. The first-order chi connectivity index (χ1) is 15.7. The molecule has 0 saturated carbocycles. The van der Waals surface area contributed by atoms with Crippen molar-refractivity contribution in [2.45, 2.75) is 19.0 Å². The number of anilines is 2. The molecule has 1 fully saturated rings. The fourth-order valence-electron chi connectivity index (χ4n) is 5.04. The quantitative estimate of drug-likeness (QED) is 0.696. The third-order valence-electron chi connectivity index (χ3n) is 6.64. The van der Waals surface area contributed by atoms with Gasteiger partial charge in [0.1, 0.15) is 6.07 Å². The van der Waals surface area contributed by atoms with E-state index in [1.807, 2.05) is 54.6 Å². The molecule has 1 amide bonds. The van der Waals surface area contributed by atoms with E-state index >= 15 is 0 Å². The Labute approximate surface area is 188 Å². The number of carbonyl (C=O) groups excluding carboxylic acids is 1. The van der Waals surface area contributed by atoms with E-state index in [4.69, 9.17) is 0 Å². The van der Waals surface area contributed by atoms with Gasteiger partial charge < -0.3 is 15.1 Å². The topological polar surface area (TPSA) is 59.4 Å². The van der Waals surface area contributed by atoms with Crippen molar-refractivity contribution in [3.8, 4) is 6.07 Å². The Balaban J connectivity index is 1.42. The van der Waals surface area contributed by atoms with Crippen LogP contribution in [0.5, 0.6) is 0 Å². The molecule has 0 spiro atoms. The molecular formula is C27H26N4O. The molecular weight excluding hydrogens is 396 g/mol. The lowest BCUT2D eigenvalue weighted by atomic mass is 9.83. The molecule has 0 aliphatic carbocycles. The second-order valence-corrected chi connectivity index (χ2v) is 8.48.